The van der Waals surface area contributed by atoms with Crippen LogP contribution in [0.5, 0.6) is 0 Å². The predicted molar refractivity (Wildman–Crippen MR) is 82.4 cm³/mol. The number of hydrogen-bond donors (Lipinski definition) is 2. The first-order chi connectivity index (χ1) is 8.15. The molecule has 1 aliphatic rings. The molecule has 2 rings (SSSR count). The zero-order chi connectivity index (χ0) is 12.3. The van der Waals surface area contributed by atoms with E-state index in [2.05, 4.69) is 15.6 Å². The number of nitrogens with one attached hydrogen (secondary N) is 2. The van der Waals surface area contributed by atoms with Crippen LogP contribution in [0.25, 0.3) is 0 Å². The van der Waals surface area contributed by atoms with Crippen molar-refractivity contribution in [1.82, 2.24) is 10.3 Å². The summed E-state index contributed by atoms with van der Waals surface area (Å²) < 4.78 is 0. The summed E-state index contributed by atoms with van der Waals surface area (Å²) in [7, 11) is 0. The molecule has 1 amide bonds. The number of rotatable bonds is 5. The molecule has 0 atom stereocenters. The van der Waals surface area contributed by atoms with E-state index in [1.807, 2.05) is 26.0 Å². The average Bonchev–Trinajstić information content (AvgIpc) is 3.06. The third-order valence-corrected chi connectivity index (χ3v) is 2.91. The Labute approximate surface area is 126 Å². The van der Waals surface area contributed by atoms with Gasteiger partial charge in [-0.3, -0.25) is 9.78 Å². The first-order valence-electron chi connectivity index (χ1n) is 6.10. The third kappa shape index (κ3) is 6.23. The van der Waals surface area contributed by atoms with Gasteiger partial charge in [-0.05, 0) is 51.3 Å². The van der Waals surface area contributed by atoms with E-state index >= 15 is 0 Å². The SMILES string of the molecule is Cc1ccc(NC(=O)CNCC2CC2)c(C)n1.Cl.Cl. The van der Waals surface area contributed by atoms with Gasteiger partial charge >= 0.3 is 0 Å². The lowest BCUT2D eigenvalue weighted by Crippen LogP contribution is -2.29. The summed E-state index contributed by atoms with van der Waals surface area (Å²) in [4.78, 5) is 16.0. The Bertz CT molecular complexity index is 422. The van der Waals surface area contributed by atoms with Crippen molar-refractivity contribution in [2.24, 2.45) is 5.92 Å². The molecule has 4 nitrogen and oxygen atoms in total. The van der Waals surface area contributed by atoms with Gasteiger partial charge in [-0.25, -0.2) is 0 Å². The number of halogens is 2. The monoisotopic (exact) mass is 305 g/mol. The molecular weight excluding hydrogens is 285 g/mol. The van der Waals surface area contributed by atoms with Crippen LogP contribution >= 0.6 is 24.8 Å². The predicted octanol–water partition coefficient (Wildman–Crippen LogP) is 2.48. The molecule has 0 saturated heterocycles. The smallest absolute Gasteiger partial charge is 0.238 e. The molecule has 0 radical (unpaired) electrons. The number of aryl methyl sites for hydroxylation is 2. The van der Waals surface area contributed by atoms with Crippen LogP contribution in [0.15, 0.2) is 12.1 Å². The van der Waals surface area contributed by atoms with Crippen molar-refractivity contribution in [2.75, 3.05) is 18.4 Å². The molecule has 1 saturated carbocycles. The van der Waals surface area contributed by atoms with Crippen LogP contribution in [-0.2, 0) is 4.79 Å². The van der Waals surface area contributed by atoms with Crippen molar-refractivity contribution >= 4 is 36.4 Å². The molecular formula is C13H21Cl2N3O. The topological polar surface area (TPSA) is 54.0 Å². The largest absolute Gasteiger partial charge is 0.323 e. The molecule has 0 aromatic carbocycles. The fourth-order valence-corrected chi connectivity index (χ4v) is 1.72. The molecule has 1 aliphatic carbocycles. The minimum Gasteiger partial charge on any atom is -0.323 e. The Morgan fingerprint density at radius 3 is 2.58 bits per heavy atom. The summed E-state index contributed by atoms with van der Waals surface area (Å²) in [6, 6.07) is 3.80. The van der Waals surface area contributed by atoms with E-state index in [9.17, 15) is 4.79 Å². The summed E-state index contributed by atoms with van der Waals surface area (Å²) in [5.41, 5.74) is 2.63. The molecule has 2 N–H and O–H groups in total. The highest BCUT2D eigenvalue weighted by Gasteiger charge is 2.20. The van der Waals surface area contributed by atoms with Gasteiger partial charge in [-0.2, -0.15) is 0 Å². The Balaban J connectivity index is 0.00000162. The quantitative estimate of drug-likeness (QED) is 0.879. The fourth-order valence-electron chi connectivity index (χ4n) is 1.72. The summed E-state index contributed by atoms with van der Waals surface area (Å²) in [6.45, 7) is 5.18. The second-order valence-electron chi connectivity index (χ2n) is 4.71. The van der Waals surface area contributed by atoms with Crippen molar-refractivity contribution < 1.29 is 4.79 Å². The van der Waals surface area contributed by atoms with E-state index in [-0.39, 0.29) is 30.7 Å². The van der Waals surface area contributed by atoms with E-state index in [4.69, 9.17) is 0 Å². The third-order valence-electron chi connectivity index (χ3n) is 2.91. The first kappa shape index (κ1) is 18.2. The number of hydrogen-bond acceptors (Lipinski definition) is 3. The van der Waals surface area contributed by atoms with E-state index < -0.39 is 0 Å². The molecule has 1 fully saturated rings. The number of anilines is 1. The van der Waals surface area contributed by atoms with E-state index in [1.54, 1.807) is 0 Å². The van der Waals surface area contributed by atoms with Crippen molar-refractivity contribution in [1.29, 1.82) is 0 Å². The maximum atomic E-state index is 11.7. The molecule has 1 aromatic heterocycles. The second-order valence-corrected chi connectivity index (χ2v) is 4.71. The van der Waals surface area contributed by atoms with Crippen LogP contribution in [0.1, 0.15) is 24.2 Å². The molecule has 6 heteroatoms. The highest BCUT2D eigenvalue weighted by molar-refractivity contribution is 5.92. The Hall–Kier alpha value is -0.840. The number of aromatic nitrogens is 1. The van der Waals surface area contributed by atoms with Crippen LogP contribution in [0.4, 0.5) is 5.69 Å². The highest BCUT2D eigenvalue weighted by atomic mass is 35.5. The molecule has 0 unspecified atom stereocenters. The molecule has 19 heavy (non-hydrogen) atoms. The molecule has 1 heterocycles. The number of carbonyl (C=O) groups is 1. The van der Waals surface area contributed by atoms with Crippen LogP contribution in [0, 0.1) is 19.8 Å². The standard InChI is InChI=1S/C13H19N3O.2ClH/c1-9-3-6-12(10(2)15-9)16-13(17)8-14-7-11-4-5-11;;/h3,6,11,14H,4-5,7-8H2,1-2H3,(H,16,17);2*1H. The summed E-state index contributed by atoms with van der Waals surface area (Å²) in [5, 5.41) is 6.03. The van der Waals surface area contributed by atoms with Gasteiger partial charge in [0.25, 0.3) is 0 Å². The fraction of sp³-hybridized carbons (Fsp3) is 0.538. The lowest BCUT2D eigenvalue weighted by molar-refractivity contribution is -0.115. The first-order valence-corrected chi connectivity index (χ1v) is 6.10. The van der Waals surface area contributed by atoms with Gasteiger partial charge in [-0.1, -0.05) is 0 Å². The molecule has 108 valence electrons. The van der Waals surface area contributed by atoms with E-state index in [1.165, 1.54) is 12.8 Å². The van der Waals surface area contributed by atoms with Crippen molar-refractivity contribution in [2.45, 2.75) is 26.7 Å². The zero-order valence-electron chi connectivity index (χ0n) is 11.2. The average molecular weight is 306 g/mol. The summed E-state index contributed by atoms with van der Waals surface area (Å²) >= 11 is 0. The van der Waals surface area contributed by atoms with Crippen molar-refractivity contribution in [3.63, 3.8) is 0 Å². The molecule has 0 spiro atoms. The lowest BCUT2D eigenvalue weighted by Gasteiger charge is -2.08. The zero-order valence-corrected chi connectivity index (χ0v) is 12.9. The second kappa shape index (κ2) is 8.35. The number of carbonyl (C=O) groups excluding carboxylic acids is 1. The van der Waals surface area contributed by atoms with Crippen LogP contribution in [-0.4, -0.2) is 24.0 Å². The Kier molecular flexibility index (Phi) is 7.99. The number of nitrogens with zero attached hydrogens (tertiary/aromatic N) is 1. The molecule has 0 aliphatic heterocycles. The van der Waals surface area contributed by atoms with Gasteiger partial charge in [0.15, 0.2) is 0 Å². The normalized spacial score (nSPS) is 13.2. The molecule has 1 aromatic rings. The van der Waals surface area contributed by atoms with Gasteiger partial charge in [0.1, 0.15) is 0 Å². The lowest BCUT2D eigenvalue weighted by atomic mass is 10.2. The van der Waals surface area contributed by atoms with Crippen LogP contribution in [0.2, 0.25) is 0 Å². The maximum absolute atomic E-state index is 11.7. The van der Waals surface area contributed by atoms with Gasteiger partial charge in [-0.15, -0.1) is 24.8 Å². The van der Waals surface area contributed by atoms with Gasteiger partial charge in [0, 0.05) is 5.69 Å². The number of pyridine rings is 1. The number of amides is 1. The van der Waals surface area contributed by atoms with Crippen molar-refractivity contribution in [3.05, 3.63) is 23.5 Å². The highest BCUT2D eigenvalue weighted by Crippen LogP contribution is 2.27. The van der Waals surface area contributed by atoms with Gasteiger partial charge in [0.05, 0.1) is 17.9 Å². The summed E-state index contributed by atoms with van der Waals surface area (Å²) in [6.07, 6.45) is 2.60. The van der Waals surface area contributed by atoms with Crippen molar-refractivity contribution in [3.8, 4) is 0 Å². The van der Waals surface area contributed by atoms with Gasteiger partial charge < -0.3 is 10.6 Å². The van der Waals surface area contributed by atoms with E-state index in [0.717, 1.165) is 29.5 Å². The Morgan fingerprint density at radius 2 is 2.00 bits per heavy atom. The van der Waals surface area contributed by atoms with Crippen LogP contribution < -0.4 is 10.6 Å². The van der Waals surface area contributed by atoms with Gasteiger partial charge in [0.2, 0.25) is 5.91 Å². The minimum absolute atomic E-state index is 0. The van der Waals surface area contributed by atoms with E-state index in [0.29, 0.717) is 6.54 Å². The van der Waals surface area contributed by atoms with Crippen LogP contribution in [0.3, 0.4) is 0 Å². The minimum atomic E-state index is -0.000553. The summed E-state index contributed by atoms with van der Waals surface area (Å²) in [5.74, 6) is 0.796. The molecule has 0 bridgehead atoms. The maximum Gasteiger partial charge on any atom is 0.238 e. The Morgan fingerprint density at radius 1 is 1.32 bits per heavy atom.